The number of carbonyl (C=O) groups is 1. The van der Waals surface area contributed by atoms with Crippen LogP contribution in [-0.2, 0) is 17.4 Å². The SMILES string of the molecule is CN(C)C(=O)CCCc1cnc(C(F)(F)F)[nH]c1=O. The average Bonchev–Trinajstić information content (AvgIpc) is 2.29. The quantitative estimate of drug-likeness (QED) is 0.899. The Labute approximate surface area is 107 Å². The third-order valence-corrected chi connectivity index (χ3v) is 2.48. The zero-order valence-electron chi connectivity index (χ0n) is 10.5. The topological polar surface area (TPSA) is 66.1 Å². The summed E-state index contributed by atoms with van der Waals surface area (Å²) < 4.78 is 36.8. The lowest BCUT2D eigenvalue weighted by Crippen LogP contribution is -2.23. The first-order valence-electron chi connectivity index (χ1n) is 5.57. The first kappa shape index (κ1) is 15.2. The fourth-order valence-electron chi connectivity index (χ4n) is 1.40. The predicted molar refractivity (Wildman–Crippen MR) is 61.5 cm³/mol. The maximum absolute atomic E-state index is 12.3. The Morgan fingerprint density at radius 1 is 1.42 bits per heavy atom. The second-order valence-electron chi connectivity index (χ2n) is 4.23. The Morgan fingerprint density at radius 2 is 2.05 bits per heavy atom. The number of aryl methyl sites for hydroxylation is 1. The van der Waals surface area contributed by atoms with Crippen molar-refractivity contribution in [1.82, 2.24) is 14.9 Å². The second kappa shape index (κ2) is 5.85. The minimum atomic E-state index is -4.67. The van der Waals surface area contributed by atoms with Crippen molar-refractivity contribution >= 4 is 5.91 Å². The van der Waals surface area contributed by atoms with E-state index < -0.39 is 17.6 Å². The van der Waals surface area contributed by atoms with Crippen LogP contribution in [0, 0.1) is 0 Å². The molecule has 106 valence electrons. The molecule has 0 radical (unpaired) electrons. The molecule has 1 aromatic rings. The molecule has 0 atom stereocenters. The summed E-state index contributed by atoms with van der Waals surface area (Å²) in [5, 5.41) is 0. The summed E-state index contributed by atoms with van der Waals surface area (Å²) in [5.41, 5.74) is -0.681. The predicted octanol–water partition coefficient (Wildman–Crippen LogP) is 1.20. The summed E-state index contributed by atoms with van der Waals surface area (Å²) in [6.45, 7) is 0. The molecule has 5 nitrogen and oxygen atoms in total. The van der Waals surface area contributed by atoms with E-state index in [1.54, 1.807) is 19.1 Å². The van der Waals surface area contributed by atoms with Crippen LogP contribution in [0.3, 0.4) is 0 Å². The highest BCUT2D eigenvalue weighted by Gasteiger charge is 2.34. The molecule has 0 aliphatic carbocycles. The van der Waals surface area contributed by atoms with Crippen LogP contribution >= 0.6 is 0 Å². The van der Waals surface area contributed by atoms with E-state index >= 15 is 0 Å². The van der Waals surface area contributed by atoms with E-state index in [4.69, 9.17) is 0 Å². The number of nitrogens with zero attached hydrogens (tertiary/aromatic N) is 2. The zero-order valence-corrected chi connectivity index (χ0v) is 10.5. The van der Waals surface area contributed by atoms with Crippen molar-refractivity contribution in [3.8, 4) is 0 Å². The maximum Gasteiger partial charge on any atom is 0.449 e. The smallest absolute Gasteiger partial charge is 0.349 e. The lowest BCUT2D eigenvalue weighted by Gasteiger charge is -2.09. The van der Waals surface area contributed by atoms with E-state index in [0.717, 1.165) is 6.20 Å². The van der Waals surface area contributed by atoms with Crippen LogP contribution in [0.5, 0.6) is 0 Å². The standard InChI is InChI=1S/C11H14F3N3O2/c1-17(2)8(18)5-3-4-7-6-15-10(11(12,13)14)16-9(7)19/h6H,3-5H2,1-2H3,(H,15,16,19). The second-order valence-corrected chi connectivity index (χ2v) is 4.23. The van der Waals surface area contributed by atoms with Gasteiger partial charge in [0, 0.05) is 32.3 Å². The van der Waals surface area contributed by atoms with E-state index in [2.05, 4.69) is 4.98 Å². The number of carbonyl (C=O) groups excluding carboxylic acids is 1. The van der Waals surface area contributed by atoms with Crippen molar-refractivity contribution in [3.63, 3.8) is 0 Å². The number of halogens is 3. The van der Waals surface area contributed by atoms with Crippen LogP contribution in [0.15, 0.2) is 11.0 Å². The van der Waals surface area contributed by atoms with Gasteiger partial charge in [-0.05, 0) is 12.8 Å². The van der Waals surface area contributed by atoms with Gasteiger partial charge in [0.25, 0.3) is 5.56 Å². The van der Waals surface area contributed by atoms with Crippen molar-refractivity contribution in [2.45, 2.75) is 25.4 Å². The highest BCUT2D eigenvalue weighted by Crippen LogP contribution is 2.24. The number of rotatable bonds is 4. The Kier molecular flexibility index (Phi) is 4.68. The van der Waals surface area contributed by atoms with Gasteiger partial charge in [-0.15, -0.1) is 0 Å². The number of nitrogens with one attached hydrogen (secondary N) is 1. The van der Waals surface area contributed by atoms with Crippen molar-refractivity contribution in [3.05, 3.63) is 27.9 Å². The Hall–Kier alpha value is -1.86. The van der Waals surface area contributed by atoms with Crippen LogP contribution in [-0.4, -0.2) is 34.9 Å². The van der Waals surface area contributed by atoms with Gasteiger partial charge in [0.1, 0.15) is 0 Å². The molecular weight excluding hydrogens is 263 g/mol. The molecule has 0 unspecified atom stereocenters. The molecule has 0 aromatic carbocycles. The fourth-order valence-corrected chi connectivity index (χ4v) is 1.40. The number of aromatic amines is 1. The van der Waals surface area contributed by atoms with Gasteiger partial charge in [-0.2, -0.15) is 13.2 Å². The van der Waals surface area contributed by atoms with Gasteiger partial charge < -0.3 is 9.88 Å². The molecule has 0 bridgehead atoms. The molecule has 19 heavy (non-hydrogen) atoms. The highest BCUT2D eigenvalue weighted by molar-refractivity contribution is 5.75. The molecule has 1 amide bonds. The number of aromatic nitrogens is 2. The molecule has 1 aromatic heterocycles. The first-order chi connectivity index (χ1) is 8.71. The van der Waals surface area contributed by atoms with Gasteiger partial charge in [-0.3, -0.25) is 9.59 Å². The van der Waals surface area contributed by atoms with Gasteiger partial charge in [0.05, 0.1) is 0 Å². The normalized spacial score (nSPS) is 11.4. The van der Waals surface area contributed by atoms with E-state index in [1.165, 1.54) is 4.90 Å². The van der Waals surface area contributed by atoms with Crippen molar-refractivity contribution in [2.24, 2.45) is 0 Å². The van der Waals surface area contributed by atoms with Crippen LogP contribution in [0.2, 0.25) is 0 Å². The monoisotopic (exact) mass is 277 g/mol. The minimum absolute atomic E-state index is 0.101. The molecule has 1 N–H and O–H groups in total. The number of alkyl halides is 3. The largest absolute Gasteiger partial charge is 0.449 e. The van der Waals surface area contributed by atoms with E-state index in [9.17, 15) is 22.8 Å². The van der Waals surface area contributed by atoms with Crippen LogP contribution < -0.4 is 5.56 Å². The van der Waals surface area contributed by atoms with Crippen LogP contribution in [0.4, 0.5) is 13.2 Å². The molecule has 0 fully saturated rings. The van der Waals surface area contributed by atoms with E-state index in [1.807, 2.05) is 0 Å². The van der Waals surface area contributed by atoms with Gasteiger partial charge in [0.15, 0.2) is 0 Å². The molecule has 8 heteroatoms. The minimum Gasteiger partial charge on any atom is -0.349 e. The first-order valence-corrected chi connectivity index (χ1v) is 5.57. The van der Waals surface area contributed by atoms with Crippen LogP contribution in [0.25, 0.3) is 0 Å². The number of amides is 1. The Bertz CT molecular complexity index is 509. The summed E-state index contributed by atoms with van der Waals surface area (Å²) in [6, 6.07) is 0. The maximum atomic E-state index is 12.3. The lowest BCUT2D eigenvalue weighted by molar-refractivity contribution is -0.145. The molecule has 0 aliphatic heterocycles. The third-order valence-electron chi connectivity index (χ3n) is 2.48. The van der Waals surface area contributed by atoms with Crippen molar-refractivity contribution in [2.75, 3.05) is 14.1 Å². The molecular formula is C11H14F3N3O2. The molecule has 1 rings (SSSR count). The number of H-pyrrole nitrogens is 1. The van der Waals surface area contributed by atoms with Gasteiger partial charge in [-0.25, -0.2) is 4.98 Å². The molecule has 0 spiro atoms. The molecule has 0 saturated heterocycles. The highest BCUT2D eigenvalue weighted by atomic mass is 19.4. The van der Waals surface area contributed by atoms with Gasteiger partial charge in [-0.1, -0.05) is 0 Å². The van der Waals surface area contributed by atoms with Crippen molar-refractivity contribution in [1.29, 1.82) is 0 Å². The molecule has 1 heterocycles. The Morgan fingerprint density at radius 3 is 2.53 bits per heavy atom. The summed E-state index contributed by atoms with van der Waals surface area (Å²) in [5.74, 6) is -1.41. The van der Waals surface area contributed by atoms with Crippen LogP contribution in [0.1, 0.15) is 24.2 Å². The number of hydrogen-bond acceptors (Lipinski definition) is 3. The molecule has 0 saturated carbocycles. The van der Waals surface area contributed by atoms with Crippen molar-refractivity contribution < 1.29 is 18.0 Å². The zero-order chi connectivity index (χ0) is 14.6. The summed E-state index contributed by atoms with van der Waals surface area (Å²) in [7, 11) is 3.21. The van der Waals surface area contributed by atoms with Gasteiger partial charge >= 0.3 is 6.18 Å². The number of hydrogen-bond donors (Lipinski definition) is 1. The summed E-state index contributed by atoms with van der Waals surface area (Å²) in [4.78, 5) is 29.0. The van der Waals surface area contributed by atoms with Gasteiger partial charge in [0.2, 0.25) is 11.7 Å². The average molecular weight is 277 g/mol. The third kappa shape index (κ3) is 4.38. The fraction of sp³-hybridized carbons (Fsp3) is 0.545. The summed E-state index contributed by atoms with van der Waals surface area (Å²) >= 11 is 0. The Balaban J connectivity index is 2.67. The van der Waals surface area contributed by atoms with E-state index in [-0.39, 0.29) is 24.3 Å². The molecule has 0 aliphatic rings. The summed E-state index contributed by atoms with van der Waals surface area (Å²) in [6.07, 6.45) is -2.94. The lowest BCUT2D eigenvalue weighted by atomic mass is 10.1. The van der Waals surface area contributed by atoms with E-state index in [0.29, 0.717) is 6.42 Å².